The molecule has 0 saturated carbocycles. The topological polar surface area (TPSA) is 76.4 Å². The van der Waals surface area contributed by atoms with E-state index >= 15 is 0 Å². The third-order valence-electron chi connectivity index (χ3n) is 2.56. The number of benzene rings is 1. The lowest BCUT2D eigenvalue weighted by Crippen LogP contribution is -2.18. The number of hydrogen-bond donors (Lipinski definition) is 2. The van der Waals surface area contributed by atoms with Gasteiger partial charge in [0.2, 0.25) is 5.91 Å². The molecule has 1 aromatic heterocycles. The number of imidazole rings is 1. The predicted molar refractivity (Wildman–Crippen MR) is 69.8 cm³/mol. The fourth-order valence-corrected chi connectivity index (χ4v) is 1.68. The first-order valence-corrected chi connectivity index (χ1v) is 5.77. The quantitative estimate of drug-likeness (QED) is 0.842. The van der Waals surface area contributed by atoms with E-state index in [1.165, 1.54) is 6.33 Å². The van der Waals surface area contributed by atoms with Crippen LogP contribution in [0.1, 0.15) is 5.69 Å². The third-order valence-corrected chi connectivity index (χ3v) is 2.56. The highest BCUT2D eigenvalue weighted by Gasteiger charge is 2.08. The largest absolute Gasteiger partial charge is 0.495 e. The zero-order chi connectivity index (χ0) is 13.7. The molecule has 1 heterocycles. The smallest absolute Gasteiger partial charge is 0.244 e. The van der Waals surface area contributed by atoms with E-state index in [2.05, 4.69) is 10.3 Å². The van der Waals surface area contributed by atoms with Gasteiger partial charge >= 0.3 is 0 Å². The van der Waals surface area contributed by atoms with Gasteiger partial charge in [-0.3, -0.25) is 4.79 Å². The zero-order valence-corrected chi connectivity index (χ0v) is 10.5. The fraction of sp³-hybridized carbons (Fsp3) is 0.231. The van der Waals surface area contributed by atoms with Crippen molar-refractivity contribution in [2.45, 2.75) is 13.2 Å². The van der Waals surface area contributed by atoms with Crippen LogP contribution in [-0.2, 0) is 17.9 Å². The van der Waals surface area contributed by atoms with E-state index in [-0.39, 0.29) is 19.1 Å². The molecular formula is C13H15N3O3. The van der Waals surface area contributed by atoms with Crippen LogP contribution in [0.5, 0.6) is 5.75 Å². The van der Waals surface area contributed by atoms with Crippen molar-refractivity contribution in [3.63, 3.8) is 0 Å². The fourth-order valence-electron chi connectivity index (χ4n) is 1.68. The van der Waals surface area contributed by atoms with E-state index in [4.69, 9.17) is 9.84 Å². The normalized spacial score (nSPS) is 10.2. The number of ether oxygens (including phenoxy) is 1. The molecule has 0 aliphatic carbocycles. The van der Waals surface area contributed by atoms with Crippen LogP contribution in [0.3, 0.4) is 0 Å². The summed E-state index contributed by atoms with van der Waals surface area (Å²) in [4.78, 5) is 15.8. The summed E-state index contributed by atoms with van der Waals surface area (Å²) < 4.78 is 6.76. The van der Waals surface area contributed by atoms with Gasteiger partial charge in [0, 0.05) is 6.20 Å². The number of aliphatic hydroxyl groups is 1. The van der Waals surface area contributed by atoms with E-state index in [1.807, 2.05) is 12.1 Å². The van der Waals surface area contributed by atoms with Crippen LogP contribution in [-0.4, -0.2) is 27.7 Å². The maximum absolute atomic E-state index is 11.9. The van der Waals surface area contributed by atoms with E-state index in [1.54, 1.807) is 30.0 Å². The van der Waals surface area contributed by atoms with Crippen LogP contribution in [0.15, 0.2) is 36.8 Å². The molecule has 0 bridgehead atoms. The first-order valence-electron chi connectivity index (χ1n) is 5.77. The van der Waals surface area contributed by atoms with Crippen LogP contribution in [0, 0.1) is 0 Å². The Morgan fingerprint density at radius 2 is 2.26 bits per heavy atom. The number of anilines is 1. The van der Waals surface area contributed by atoms with Gasteiger partial charge in [-0.25, -0.2) is 4.98 Å². The van der Waals surface area contributed by atoms with Gasteiger partial charge in [0.1, 0.15) is 12.3 Å². The summed E-state index contributed by atoms with van der Waals surface area (Å²) in [5, 5.41) is 11.7. The van der Waals surface area contributed by atoms with Gasteiger partial charge < -0.3 is 19.7 Å². The van der Waals surface area contributed by atoms with Gasteiger partial charge in [-0.2, -0.15) is 0 Å². The van der Waals surface area contributed by atoms with E-state index in [0.717, 1.165) is 0 Å². The van der Waals surface area contributed by atoms with Crippen LogP contribution < -0.4 is 10.1 Å². The zero-order valence-electron chi connectivity index (χ0n) is 10.5. The van der Waals surface area contributed by atoms with Crippen LogP contribution in [0.25, 0.3) is 0 Å². The van der Waals surface area contributed by atoms with Gasteiger partial charge in [-0.05, 0) is 12.1 Å². The second kappa shape index (κ2) is 6.01. The standard InChI is InChI=1S/C13H15N3O3/c1-19-12-5-3-2-4-11(12)15-13(18)7-16-6-10(8-17)14-9-16/h2-6,9,17H,7-8H2,1H3,(H,15,18). The summed E-state index contributed by atoms with van der Waals surface area (Å²) in [6, 6.07) is 7.19. The minimum absolute atomic E-state index is 0.130. The number of nitrogens with one attached hydrogen (secondary N) is 1. The molecule has 1 amide bonds. The molecule has 0 fully saturated rings. The number of para-hydroxylation sites is 2. The minimum Gasteiger partial charge on any atom is -0.495 e. The van der Waals surface area contributed by atoms with Gasteiger partial charge in [0.15, 0.2) is 0 Å². The first-order chi connectivity index (χ1) is 9.22. The molecule has 2 aromatic rings. The van der Waals surface area contributed by atoms with Crippen molar-refractivity contribution < 1.29 is 14.6 Å². The molecule has 6 nitrogen and oxygen atoms in total. The molecule has 0 saturated heterocycles. The molecule has 1 aromatic carbocycles. The number of aromatic nitrogens is 2. The summed E-state index contributed by atoms with van der Waals surface area (Å²) in [6.07, 6.45) is 3.13. The summed E-state index contributed by atoms with van der Waals surface area (Å²) in [6.45, 7) is -0.00776. The summed E-state index contributed by atoms with van der Waals surface area (Å²) in [7, 11) is 1.55. The average Bonchev–Trinajstić information content (AvgIpc) is 2.87. The maximum Gasteiger partial charge on any atom is 0.244 e. The Morgan fingerprint density at radius 3 is 2.95 bits per heavy atom. The molecular weight excluding hydrogens is 246 g/mol. The number of nitrogens with zero attached hydrogens (tertiary/aromatic N) is 2. The van der Waals surface area contributed by atoms with Gasteiger partial charge in [-0.1, -0.05) is 12.1 Å². The SMILES string of the molecule is COc1ccccc1NC(=O)Cn1cnc(CO)c1. The van der Waals surface area contributed by atoms with Crippen molar-refractivity contribution in [3.8, 4) is 5.75 Å². The van der Waals surface area contributed by atoms with Crippen molar-refractivity contribution in [2.24, 2.45) is 0 Å². The Kier molecular flexibility index (Phi) is 4.15. The molecule has 2 rings (SSSR count). The molecule has 0 atom stereocenters. The molecule has 0 aliphatic heterocycles. The van der Waals surface area contributed by atoms with Crippen LogP contribution in [0.4, 0.5) is 5.69 Å². The third kappa shape index (κ3) is 3.32. The number of amides is 1. The number of carbonyl (C=O) groups excluding carboxylic acids is 1. The number of rotatable bonds is 5. The van der Waals surface area contributed by atoms with Crippen molar-refractivity contribution in [1.29, 1.82) is 0 Å². The monoisotopic (exact) mass is 261 g/mol. The highest BCUT2D eigenvalue weighted by molar-refractivity contribution is 5.92. The van der Waals surface area contributed by atoms with Crippen molar-refractivity contribution in [1.82, 2.24) is 9.55 Å². The Morgan fingerprint density at radius 1 is 1.47 bits per heavy atom. The van der Waals surface area contributed by atoms with Crippen LogP contribution >= 0.6 is 0 Å². The lowest BCUT2D eigenvalue weighted by Gasteiger charge is -2.09. The van der Waals surface area contributed by atoms with Gasteiger partial charge in [0.05, 0.1) is 31.4 Å². The summed E-state index contributed by atoms with van der Waals surface area (Å²) >= 11 is 0. The summed E-state index contributed by atoms with van der Waals surface area (Å²) in [5.74, 6) is 0.420. The highest BCUT2D eigenvalue weighted by atomic mass is 16.5. The van der Waals surface area contributed by atoms with Gasteiger partial charge in [0.25, 0.3) is 0 Å². The Labute approximate surface area is 110 Å². The highest BCUT2D eigenvalue weighted by Crippen LogP contribution is 2.22. The van der Waals surface area contributed by atoms with Crippen LogP contribution in [0.2, 0.25) is 0 Å². The van der Waals surface area contributed by atoms with E-state index in [9.17, 15) is 4.79 Å². The minimum atomic E-state index is -0.189. The van der Waals surface area contributed by atoms with E-state index in [0.29, 0.717) is 17.1 Å². The van der Waals surface area contributed by atoms with Gasteiger partial charge in [-0.15, -0.1) is 0 Å². The molecule has 19 heavy (non-hydrogen) atoms. The number of hydrogen-bond acceptors (Lipinski definition) is 4. The second-order valence-corrected chi connectivity index (χ2v) is 3.94. The molecule has 0 aliphatic rings. The van der Waals surface area contributed by atoms with Crippen molar-refractivity contribution in [2.75, 3.05) is 12.4 Å². The van der Waals surface area contributed by atoms with Crippen molar-refractivity contribution in [3.05, 3.63) is 42.5 Å². The number of aliphatic hydroxyl groups excluding tert-OH is 1. The van der Waals surface area contributed by atoms with Crippen molar-refractivity contribution >= 4 is 11.6 Å². The maximum atomic E-state index is 11.9. The second-order valence-electron chi connectivity index (χ2n) is 3.94. The Bertz CT molecular complexity index is 566. The van der Waals surface area contributed by atoms with E-state index < -0.39 is 0 Å². The number of methoxy groups -OCH3 is 1. The molecule has 2 N–H and O–H groups in total. The summed E-state index contributed by atoms with van der Waals surface area (Å²) in [5.41, 5.74) is 1.16. The molecule has 100 valence electrons. The molecule has 0 unspecified atom stereocenters. The Balaban J connectivity index is 2.01. The lowest BCUT2D eigenvalue weighted by molar-refractivity contribution is -0.116. The first kappa shape index (κ1) is 13.1. The molecule has 6 heteroatoms. The predicted octanol–water partition coefficient (Wildman–Crippen LogP) is 1.02. The number of carbonyl (C=O) groups is 1. The average molecular weight is 261 g/mol. The molecule has 0 radical (unpaired) electrons. The molecule has 0 spiro atoms. The Hall–Kier alpha value is -2.34. The lowest BCUT2D eigenvalue weighted by atomic mass is 10.3.